The molecule has 0 aliphatic rings. The molecule has 116 valence electrons. The summed E-state index contributed by atoms with van der Waals surface area (Å²) >= 11 is 6.09. The molecule has 1 aromatic heterocycles. The van der Waals surface area contributed by atoms with Crippen LogP contribution in [0.1, 0.15) is 16.8 Å². The summed E-state index contributed by atoms with van der Waals surface area (Å²) in [5, 5.41) is 4.65. The van der Waals surface area contributed by atoms with Gasteiger partial charge in [0, 0.05) is 24.3 Å². The molecule has 0 fully saturated rings. The minimum Gasteiger partial charge on any atom is -0.496 e. The van der Waals surface area contributed by atoms with Gasteiger partial charge in [0.05, 0.1) is 12.8 Å². The van der Waals surface area contributed by atoms with Crippen LogP contribution >= 0.6 is 11.6 Å². The highest BCUT2D eigenvalue weighted by Gasteiger charge is 2.09. The summed E-state index contributed by atoms with van der Waals surface area (Å²) < 4.78 is 12.0. The first-order chi connectivity index (χ1) is 10.5. The summed E-state index contributed by atoms with van der Waals surface area (Å²) in [6.07, 6.45) is 2.94. The van der Waals surface area contributed by atoms with Crippen molar-refractivity contribution in [1.29, 1.82) is 0 Å². The second-order valence-electron chi connectivity index (χ2n) is 4.67. The average molecular weight is 321 g/mol. The predicted molar refractivity (Wildman–Crippen MR) is 84.8 cm³/mol. The van der Waals surface area contributed by atoms with Crippen LogP contribution in [0.2, 0.25) is 5.15 Å². The molecule has 2 aromatic rings. The molecule has 0 radical (unpaired) electrons. The smallest absolute Gasteiger partial charge is 0.331 e. The van der Waals surface area contributed by atoms with Crippen molar-refractivity contribution in [2.75, 3.05) is 7.11 Å². The lowest BCUT2D eigenvalue weighted by Gasteiger charge is -2.07. The van der Waals surface area contributed by atoms with E-state index < -0.39 is 5.97 Å². The van der Waals surface area contributed by atoms with E-state index in [-0.39, 0.29) is 6.61 Å². The molecule has 5 nitrogen and oxygen atoms in total. The lowest BCUT2D eigenvalue weighted by Crippen LogP contribution is -2.02. The van der Waals surface area contributed by atoms with E-state index in [1.54, 1.807) is 24.9 Å². The van der Waals surface area contributed by atoms with Crippen molar-refractivity contribution >= 4 is 23.6 Å². The number of aromatic nitrogens is 2. The van der Waals surface area contributed by atoms with E-state index in [0.29, 0.717) is 16.5 Å². The number of esters is 1. The molecule has 0 saturated carbocycles. The molecule has 0 amide bonds. The normalized spacial score (nSPS) is 10.9. The van der Waals surface area contributed by atoms with E-state index in [1.807, 2.05) is 31.2 Å². The van der Waals surface area contributed by atoms with Gasteiger partial charge in [-0.2, -0.15) is 5.10 Å². The van der Waals surface area contributed by atoms with E-state index in [4.69, 9.17) is 21.1 Å². The maximum atomic E-state index is 11.8. The molecule has 0 saturated heterocycles. The minimum absolute atomic E-state index is 0.146. The molecule has 0 aliphatic carbocycles. The molecular weight excluding hydrogens is 304 g/mol. The zero-order chi connectivity index (χ0) is 16.1. The molecule has 6 heteroatoms. The molecule has 0 spiro atoms. The van der Waals surface area contributed by atoms with Gasteiger partial charge in [-0.25, -0.2) is 4.79 Å². The fraction of sp³-hybridized carbons (Fsp3) is 0.250. The van der Waals surface area contributed by atoms with E-state index in [0.717, 1.165) is 11.3 Å². The number of hydrogen-bond acceptors (Lipinski definition) is 4. The van der Waals surface area contributed by atoms with Gasteiger partial charge in [-0.3, -0.25) is 4.68 Å². The highest BCUT2D eigenvalue weighted by molar-refractivity contribution is 6.31. The summed E-state index contributed by atoms with van der Waals surface area (Å²) in [5.74, 6) is 0.232. The lowest BCUT2D eigenvalue weighted by molar-refractivity contribution is -0.138. The number of ether oxygens (including phenoxy) is 2. The quantitative estimate of drug-likeness (QED) is 0.627. The molecular formula is C16H17ClN2O3. The van der Waals surface area contributed by atoms with Gasteiger partial charge in [0.1, 0.15) is 17.5 Å². The van der Waals surface area contributed by atoms with E-state index in [9.17, 15) is 4.79 Å². The van der Waals surface area contributed by atoms with Crippen LogP contribution in [0.25, 0.3) is 6.08 Å². The molecule has 0 atom stereocenters. The van der Waals surface area contributed by atoms with Gasteiger partial charge in [0.2, 0.25) is 0 Å². The highest BCUT2D eigenvalue weighted by Crippen LogP contribution is 2.20. The number of rotatable bonds is 5. The number of aryl methyl sites for hydroxylation is 2. The second kappa shape index (κ2) is 7.13. The molecule has 22 heavy (non-hydrogen) atoms. The maximum Gasteiger partial charge on any atom is 0.331 e. The zero-order valence-electron chi connectivity index (χ0n) is 12.7. The molecule has 2 rings (SSSR count). The van der Waals surface area contributed by atoms with Crippen LogP contribution in [0, 0.1) is 6.92 Å². The monoisotopic (exact) mass is 320 g/mol. The van der Waals surface area contributed by atoms with Crippen LogP contribution in [0.5, 0.6) is 5.75 Å². The number of methoxy groups -OCH3 is 1. The third-order valence-electron chi connectivity index (χ3n) is 3.14. The summed E-state index contributed by atoms with van der Waals surface area (Å²) in [4.78, 5) is 11.8. The Hall–Kier alpha value is -2.27. The van der Waals surface area contributed by atoms with Crippen LogP contribution in [-0.2, 0) is 23.2 Å². The fourth-order valence-electron chi connectivity index (χ4n) is 2.01. The number of benzene rings is 1. The number of nitrogens with zero attached hydrogens (tertiary/aromatic N) is 2. The van der Waals surface area contributed by atoms with Gasteiger partial charge in [0.15, 0.2) is 0 Å². The van der Waals surface area contributed by atoms with Gasteiger partial charge in [-0.1, -0.05) is 29.8 Å². The topological polar surface area (TPSA) is 53.4 Å². The molecule has 0 unspecified atom stereocenters. The molecule has 1 aromatic carbocycles. The van der Waals surface area contributed by atoms with Crippen LogP contribution < -0.4 is 4.74 Å². The Morgan fingerprint density at radius 3 is 2.77 bits per heavy atom. The van der Waals surface area contributed by atoms with Crippen LogP contribution in [0.3, 0.4) is 0 Å². The van der Waals surface area contributed by atoms with Gasteiger partial charge in [0.25, 0.3) is 0 Å². The Morgan fingerprint density at radius 1 is 1.41 bits per heavy atom. The molecule has 0 bridgehead atoms. The first kappa shape index (κ1) is 16.1. The number of carbonyl (C=O) groups excluding carboxylic acids is 1. The summed E-state index contributed by atoms with van der Waals surface area (Å²) in [6, 6.07) is 7.38. The van der Waals surface area contributed by atoms with Crippen molar-refractivity contribution in [3.8, 4) is 5.75 Å². The Kier molecular flexibility index (Phi) is 5.22. The van der Waals surface area contributed by atoms with Gasteiger partial charge in [-0.15, -0.1) is 0 Å². The van der Waals surface area contributed by atoms with Gasteiger partial charge >= 0.3 is 5.97 Å². The highest BCUT2D eigenvalue weighted by atomic mass is 35.5. The summed E-state index contributed by atoms with van der Waals surface area (Å²) in [7, 11) is 3.32. The fourth-order valence-corrected chi connectivity index (χ4v) is 2.24. The van der Waals surface area contributed by atoms with E-state index in [2.05, 4.69) is 5.10 Å². The number of carbonyl (C=O) groups is 1. The maximum absolute atomic E-state index is 11.8. The van der Waals surface area contributed by atoms with Crippen molar-refractivity contribution < 1.29 is 14.3 Å². The first-order valence-corrected chi connectivity index (χ1v) is 7.06. The molecule has 0 N–H and O–H groups in total. The minimum atomic E-state index is -0.453. The Labute approximate surface area is 134 Å². The summed E-state index contributed by atoms with van der Waals surface area (Å²) in [5.41, 5.74) is 2.27. The van der Waals surface area contributed by atoms with Crippen LogP contribution in [-0.4, -0.2) is 22.9 Å². The van der Waals surface area contributed by atoms with E-state index >= 15 is 0 Å². The van der Waals surface area contributed by atoms with Crippen LogP contribution in [0.15, 0.2) is 30.3 Å². The van der Waals surface area contributed by atoms with Crippen LogP contribution in [0.4, 0.5) is 0 Å². The SMILES string of the molecule is COc1ccccc1COC(=O)/C=C/c1c(C)nn(C)c1Cl. The second-order valence-corrected chi connectivity index (χ2v) is 5.02. The van der Waals surface area contributed by atoms with Crippen molar-refractivity contribution in [2.24, 2.45) is 7.05 Å². The largest absolute Gasteiger partial charge is 0.496 e. The Morgan fingerprint density at radius 2 is 2.14 bits per heavy atom. The third-order valence-corrected chi connectivity index (χ3v) is 3.59. The zero-order valence-corrected chi connectivity index (χ0v) is 13.4. The van der Waals surface area contributed by atoms with Crippen molar-refractivity contribution in [1.82, 2.24) is 9.78 Å². The number of hydrogen-bond donors (Lipinski definition) is 0. The van der Waals surface area contributed by atoms with E-state index in [1.165, 1.54) is 6.08 Å². The van der Waals surface area contributed by atoms with Crippen molar-refractivity contribution in [3.05, 3.63) is 52.3 Å². The predicted octanol–water partition coefficient (Wildman–Crippen LogP) is 3.15. The van der Waals surface area contributed by atoms with Gasteiger partial charge < -0.3 is 9.47 Å². The Bertz CT molecular complexity index is 707. The average Bonchev–Trinajstić information content (AvgIpc) is 2.76. The molecule has 1 heterocycles. The summed E-state index contributed by atoms with van der Waals surface area (Å²) in [6.45, 7) is 1.97. The third kappa shape index (κ3) is 3.68. The lowest BCUT2D eigenvalue weighted by atomic mass is 10.2. The molecule has 0 aliphatic heterocycles. The number of para-hydroxylation sites is 1. The number of halogens is 1. The standard InChI is InChI=1S/C16H17ClN2O3/c1-11-13(16(17)19(2)18-11)8-9-15(20)22-10-12-6-4-5-7-14(12)21-3/h4-9H,10H2,1-3H3/b9-8+. The van der Waals surface area contributed by atoms with Gasteiger partial charge in [-0.05, 0) is 19.1 Å². The Balaban J connectivity index is 2.00. The van der Waals surface area contributed by atoms with Crippen molar-refractivity contribution in [2.45, 2.75) is 13.5 Å². The van der Waals surface area contributed by atoms with Crippen molar-refractivity contribution in [3.63, 3.8) is 0 Å². The first-order valence-electron chi connectivity index (χ1n) is 6.68.